The Hall–Kier alpha value is -2.04. The second-order valence-corrected chi connectivity index (χ2v) is 6.03. The summed E-state index contributed by atoms with van der Waals surface area (Å²) < 4.78 is 12.6. The molecule has 1 aromatic carbocycles. The van der Waals surface area contributed by atoms with Gasteiger partial charge in [-0.1, -0.05) is 6.07 Å². The highest BCUT2D eigenvalue weighted by atomic mass is 127. The molecule has 0 unspecified atom stereocenters. The third-order valence-electron chi connectivity index (χ3n) is 4.06. The van der Waals surface area contributed by atoms with Gasteiger partial charge in [0.2, 0.25) is 0 Å². The summed E-state index contributed by atoms with van der Waals surface area (Å²) in [5.74, 6) is 2.35. The quantitative estimate of drug-likeness (QED) is 0.213. The number of aromatic nitrogens is 3. The Balaban J connectivity index is 0.00000392. The van der Waals surface area contributed by atoms with Crippen LogP contribution in [0.1, 0.15) is 25.3 Å². The van der Waals surface area contributed by atoms with Gasteiger partial charge < -0.3 is 24.7 Å². The fourth-order valence-corrected chi connectivity index (χ4v) is 2.64. The van der Waals surface area contributed by atoms with Crippen LogP contribution < -0.4 is 20.1 Å². The lowest BCUT2D eigenvalue weighted by Gasteiger charge is -2.12. The second kappa shape index (κ2) is 14.0. The number of benzene rings is 1. The monoisotopic (exact) mass is 502 g/mol. The molecule has 0 saturated carbocycles. The van der Waals surface area contributed by atoms with Crippen LogP contribution >= 0.6 is 24.0 Å². The zero-order chi connectivity index (χ0) is 19.3. The fraction of sp³-hybridized carbons (Fsp3) is 0.526. The van der Waals surface area contributed by atoms with Gasteiger partial charge >= 0.3 is 0 Å². The maximum absolute atomic E-state index is 5.35. The Morgan fingerprint density at radius 1 is 1.07 bits per heavy atom. The Bertz CT molecular complexity index is 694. The summed E-state index contributed by atoms with van der Waals surface area (Å²) >= 11 is 0. The largest absolute Gasteiger partial charge is 0.493 e. The number of halogens is 1. The number of aliphatic imine (C=N–C) groups is 1. The van der Waals surface area contributed by atoms with Gasteiger partial charge in [0, 0.05) is 26.2 Å². The van der Waals surface area contributed by atoms with Crippen LogP contribution in [-0.2, 0) is 13.0 Å². The summed E-state index contributed by atoms with van der Waals surface area (Å²) in [6, 6.07) is 6.00. The first-order chi connectivity index (χ1) is 13.3. The van der Waals surface area contributed by atoms with Gasteiger partial charge in [-0.2, -0.15) is 0 Å². The van der Waals surface area contributed by atoms with Crippen molar-refractivity contribution in [2.24, 2.45) is 4.99 Å². The van der Waals surface area contributed by atoms with E-state index >= 15 is 0 Å². The third kappa shape index (κ3) is 8.32. The highest BCUT2D eigenvalue weighted by molar-refractivity contribution is 14.0. The number of unbranched alkanes of at least 4 members (excludes halogenated alkanes) is 1. The number of guanidine groups is 1. The lowest BCUT2D eigenvalue weighted by atomic mass is 10.1. The van der Waals surface area contributed by atoms with Crippen LogP contribution in [0.2, 0.25) is 0 Å². The molecule has 2 rings (SSSR count). The van der Waals surface area contributed by atoms with Crippen molar-refractivity contribution in [3.05, 3.63) is 36.4 Å². The molecule has 28 heavy (non-hydrogen) atoms. The molecular formula is C19H31IN6O2. The smallest absolute Gasteiger partial charge is 0.191 e. The van der Waals surface area contributed by atoms with Gasteiger partial charge in [0.25, 0.3) is 0 Å². The van der Waals surface area contributed by atoms with Gasteiger partial charge in [0.15, 0.2) is 17.5 Å². The van der Waals surface area contributed by atoms with Crippen molar-refractivity contribution in [3.8, 4) is 11.5 Å². The minimum absolute atomic E-state index is 0. The Morgan fingerprint density at radius 2 is 1.82 bits per heavy atom. The SMILES string of the molecule is CCNC(=NCCCCn1cnnc1)NCCc1ccc(OC)c(OC)c1.I. The lowest BCUT2D eigenvalue weighted by molar-refractivity contribution is 0.354. The summed E-state index contributed by atoms with van der Waals surface area (Å²) in [6.07, 6.45) is 6.42. The Morgan fingerprint density at radius 3 is 2.50 bits per heavy atom. The lowest BCUT2D eigenvalue weighted by Crippen LogP contribution is -2.38. The van der Waals surface area contributed by atoms with Gasteiger partial charge in [-0.3, -0.25) is 4.99 Å². The van der Waals surface area contributed by atoms with Crippen LogP contribution in [0.4, 0.5) is 0 Å². The first-order valence-electron chi connectivity index (χ1n) is 9.32. The van der Waals surface area contributed by atoms with E-state index < -0.39 is 0 Å². The van der Waals surface area contributed by atoms with Crippen molar-refractivity contribution in [2.45, 2.75) is 32.7 Å². The van der Waals surface area contributed by atoms with Crippen LogP contribution in [0.5, 0.6) is 11.5 Å². The zero-order valence-electron chi connectivity index (χ0n) is 16.9. The maximum Gasteiger partial charge on any atom is 0.191 e. The minimum Gasteiger partial charge on any atom is -0.493 e. The molecule has 156 valence electrons. The van der Waals surface area contributed by atoms with Crippen LogP contribution in [-0.4, -0.2) is 54.6 Å². The normalized spacial score (nSPS) is 10.9. The molecule has 0 radical (unpaired) electrons. The molecular weight excluding hydrogens is 471 g/mol. The van der Waals surface area contributed by atoms with E-state index in [1.54, 1.807) is 26.9 Å². The average Bonchev–Trinajstić information content (AvgIpc) is 3.21. The Kier molecular flexibility index (Phi) is 12.0. The number of methoxy groups -OCH3 is 2. The summed E-state index contributed by atoms with van der Waals surface area (Å²) in [6.45, 7) is 5.40. The van der Waals surface area contributed by atoms with E-state index in [-0.39, 0.29) is 24.0 Å². The van der Waals surface area contributed by atoms with Gasteiger partial charge in [-0.15, -0.1) is 34.2 Å². The van der Waals surface area contributed by atoms with Crippen LogP contribution in [0.15, 0.2) is 35.8 Å². The molecule has 1 aromatic heterocycles. The highest BCUT2D eigenvalue weighted by Crippen LogP contribution is 2.27. The topological polar surface area (TPSA) is 85.6 Å². The van der Waals surface area contributed by atoms with Crippen LogP contribution in [0, 0.1) is 0 Å². The third-order valence-corrected chi connectivity index (χ3v) is 4.06. The molecule has 9 heteroatoms. The van der Waals surface area contributed by atoms with E-state index in [0.717, 1.165) is 62.9 Å². The molecule has 0 atom stereocenters. The zero-order valence-corrected chi connectivity index (χ0v) is 19.2. The number of hydrogen-bond donors (Lipinski definition) is 2. The predicted molar refractivity (Wildman–Crippen MR) is 122 cm³/mol. The number of nitrogens with one attached hydrogen (secondary N) is 2. The molecule has 0 fully saturated rings. The van der Waals surface area contributed by atoms with Gasteiger partial charge in [-0.05, 0) is 43.9 Å². The molecule has 0 saturated heterocycles. The summed E-state index contributed by atoms with van der Waals surface area (Å²) in [5.41, 5.74) is 1.19. The number of ether oxygens (including phenoxy) is 2. The molecule has 0 aliphatic rings. The van der Waals surface area contributed by atoms with E-state index in [1.807, 2.05) is 16.7 Å². The highest BCUT2D eigenvalue weighted by Gasteiger charge is 2.05. The second-order valence-electron chi connectivity index (χ2n) is 6.03. The van der Waals surface area contributed by atoms with Crippen LogP contribution in [0.3, 0.4) is 0 Å². The van der Waals surface area contributed by atoms with Crippen molar-refractivity contribution in [3.63, 3.8) is 0 Å². The summed E-state index contributed by atoms with van der Waals surface area (Å²) in [4.78, 5) is 4.63. The molecule has 0 spiro atoms. The van der Waals surface area contributed by atoms with Gasteiger partial charge in [0.05, 0.1) is 14.2 Å². The maximum atomic E-state index is 5.35. The number of nitrogens with zero attached hydrogens (tertiary/aromatic N) is 4. The summed E-state index contributed by atoms with van der Waals surface area (Å²) in [5, 5.41) is 14.3. The molecule has 1 heterocycles. The van der Waals surface area contributed by atoms with E-state index in [0.29, 0.717) is 0 Å². The molecule has 2 aromatic rings. The van der Waals surface area contributed by atoms with Gasteiger partial charge in [0.1, 0.15) is 12.7 Å². The van der Waals surface area contributed by atoms with Gasteiger partial charge in [-0.25, -0.2) is 0 Å². The average molecular weight is 502 g/mol. The van der Waals surface area contributed by atoms with E-state index in [2.05, 4.69) is 38.8 Å². The standard InChI is InChI=1S/C19H30N6O2.HI/c1-4-20-19(21-10-5-6-12-25-14-23-24-15-25)22-11-9-16-7-8-17(26-2)18(13-16)27-3;/h7-8,13-15H,4-6,9-12H2,1-3H3,(H2,20,21,22);1H. The minimum atomic E-state index is 0. The first-order valence-corrected chi connectivity index (χ1v) is 9.32. The number of rotatable bonds is 11. The fourth-order valence-electron chi connectivity index (χ4n) is 2.64. The Labute approximate surface area is 184 Å². The molecule has 0 amide bonds. The first kappa shape index (κ1) is 24.0. The molecule has 0 bridgehead atoms. The molecule has 2 N–H and O–H groups in total. The van der Waals surface area contributed by atoms with Crippen LogP contribution in [0.25, 0.3) is 0 Å². The van der Waals surface area contributed by atoms with E-state index in [4.69, 9.17) is 9.47 Å². The molecule has 8 nitrogen and oxygen atoms in total. The predicted octanol–water partition coefficient (Wildman–Crippen LogP) is 2.49. The van der Waals surface area contributed by atoms with E-state index in [1.165, 1.54) is 5.56 Å². The van der Waals surface area contributed by atoms with E-state index in [9.17, 15) is 0 Å². The summed E-state index contributed by atoms with van der Waals surface area (Å²) in [7, 11) is 3.30. The molecule has 0 aliphatic heterocycles. The molecule has 0 aliphatic carbocycles. The van der Waals surface area contributed by atoms with Crippen molar-refractivity contribution >= 4 is 29.9 Å². The van der Waals surface area contributed by atoms with Crippen molar-refractivity contribution in [1.82, 2.24) is 25.4 Å². The van der Waals surface area contributed by atoms with Crippen molar-refractivity contribution in [1.29, 1.82) is 0 Å². The van der Waals surface area contributed by atoms with Crippen molar-refractivity contribution < 1.29 is 9.47 Å². The number of aryl methyl sites for hydroxylation is 1. The van der Waals surface area contributed by atoms with Crippen molar-refractivity contribution in [2.75, 3.05) is 33.9 Å². The number of hydrogen-bond acceptors (Lipinski definition) is 5.